The van der Waals surface area contributed by atoms with Crippen molar-refractivity contribution in [2.24, 2.45) is 0 Å². The van der Waals surface area contributed by atoms with Gasteiger partial charge in [-0.2, -0.15) is 0 Å². The average molecular weight is 184 g/mol. The van der Waals surface area contributed by atoms with Crippen molar-refractivity contribution in [3.8, 4) is 0 Å². The van der Waals surface area contributed by atoms with Gasteiger partial charge in [0.1, 0.15) is 0 Å². The first-order chi connectivity index (χ1) is 6.42. The van der Waals surface area contributed by atoms with Crippen LogP contribution >= 0.6 is 0 Å². The molecule has 2 aliphatic heterocycles. The molecule has 3 nitrogen and oxygen atoms in total. The first kappa shape index (κ1) is 9.44. The van der Waals surface area contributed by atoms with Gasteiger partial charge < -0.3 is 10.4 Å². The van der Waals surface area contributed by atoms with Crippen molar-refractivity contribution in [3.05, 3.63) is 0 Å². The van der Waals surface area contributed by atoms with Gasteiger partial charge in [0, 0.05) is 18.6 Å². The van der Waals surface area contributed by atoms with Gasteiger partial charge in [-0.3, -0.25) is 4.90 Å². The van der Waals surface area contributed by atoms with Crippen LogP contribution in [-0.2, 0) is 0 Å². The van der Waals surface area contributed by atoms with E-state index >= 15 is 0 Å². The summed E-state index contributed by atoms with van der Waals surface area (Å²) < 4.78 is 0. The van der Waals surface area contributed by atoms with Crippen LogP contribution in [0, 0.1) is 0 Å². The zero-order valence-electron chi connectivity index (χ0n) is 8.21. The van der Waals surface area contributed by atoms with Crippen molar-refractivity contribution in [2.75, 3.05) is 26.2 Å². The van der Waals surface area contributed by atoms with E-state index in [1.54, 1.807) is 0 Å². The average Bonchev–Trinajstić information content (AvgIpc) is 2.67. The third kappa shape index (κ3) is 2.03. The van der Waals surface area contributed by atoms with E-state index < -0.39 is 0 Å². The smallest absolute Gasteiger partial charge is 0.0587 e. The lowest BCUT2D eigenvalue weighted by molar-refractivity contribution is 0.104. The van der Waals surface area contributed by atoms with Crippen LogP contribution in [-0.4, -0.2) is 48.3 Å². The van der Waals surface area contributed by atoms with E-state index in [0.29, 0.717) is 18.7 Å². The number of hydrogen-bond donors (Lipinski definition) is 2. The lowest BCUT2D eigenvalue weighted by atomic mass is 10.1. The van der Waals surface area contributed by atoms with E-state index in [1.165, 1.54) is 38.8 Å². The van der Waals surface area contributed by atoms with Crippen LogP contribution in [0.1, 0.15) is 25.7 Å². The second-order valence-electron chi connectivity index (χ2n) is 4.22. The van der Waals surface area contributed by atoms with Crippen LogP contribution in [0.2, 0.25) is 0 Å². The topological polar surface area (TPSA) is 35.5 Å². The summed E-state index contributed by atoms with van der Waals surface area (Å²) in [4.78, 5) is 2.51. The summed E-state index contributed by atoms with van der Waals surface area (Å²) in [6.45, 7) is 3.83. The maximum atomic E-state index is 9.21. The Morgan fingerprint density at radius 3 is 2.92 bits per heavy atom. The standard InChI is InChI=1S/C10H20N2O/c13-8-10-4-2-6-12(10)9-3-1-5-11-7-9/h9-11,13H,1-8H2/t9?,10-/m1/s1. The fourth-order valence-electron chi connectivity index (χ4n) is 2.65. The third-order valence-electron chi connectivity index (χ3n) is 3.37. The van der Waals surface area contributed by atoms with Gasteiger partial charge in [-0.15, -0.1) is 0 Å². The molecule has 13 heavy (non-hydrogen) atoms. The summed E-state index contributed by atoms with van der Waals surface area (Å²) in [6, 6.07) is 1.14. The minimum Gasteiger partial charge on any atom is -0.395 e. The second kappa shape index (κ2) is 4.40. The quantitative estimate of drug-likeness (QED) is 0.643. The number of piperidine rings is 1. The van der Waals surface area contributed by atoms with Crippen molar-refractivity contribution in [1.82, 2.24) is 10.2 Å². The molecule has 76 valence electrons. The zero-order valence-corrected chi connectivity index (χ0v) is 8.21. The van der Waals surface area contributed by atoms with E-state index in [-0.39, 0.29) is 0 Å². The number of rotatable bonds is 2. The van der Waals surface area contributed by atoms with Crippen LogP contribution in [0.3, 0.4) is 0 Å². The first-order valence-electron chi connectivity index (χ1n) is 5.49. The van der Waals surface area contributed by atoms with Crippen LogP contribution in [0.15, 0.2) is 0 Å². The van der Waals surface area contributed by atoms with Crippen molar-refractivity contribution < 1.29 is 5.11 Å². The molecule has 0 aromatic carbocycles. The van der Waals surface area contributed by atoms with Gasteiger partial charge in [0.2, 0.25) is 0 Å². The lowest BCUT2D eigenvalue weighted by Crippen LogP contribution is -2.48. The number of aliphatic hydroxyl groups excluding tert-OH is 1. The van der Waals surface area contributed by atoms with Gasteiger partial charge in [0.15, 0.2) is 0 Å². The van der Waals surface area contributed by atoms with E-state index in [1.807, 2.05) is 0 Å². The molecule has 2 heterocycles. The molecule has 0 aromatic heterocycles. The van der Waals surface area contributed by atoms with Gasteiger partial charge >= 0.3 is 0 Å². The highest BCUT2D eigenvalue weighted by Gasteiger charge is 2.30. The monoisotopic (exact) mass is 184 g/mol. The highest BCUT2D eigenvalue weighted by molar-refractivity contribution is 4.87. The summed E-state index contributed by atoms with van der Waals surface area (Å²) in [6.07, 6.45) is 5.05. The molecule has 0 amide bonds. The largest absolute Gasteiger partial charge is 0.395 e. The molecular weight excluding hydrogens is 164 g/mol. The van der Waals surface area contributed by atoms with Crippen LogP contribution < -0.4 is 5.32 Å². The molecule has 0 saturated carbocycles. The molecule has 0 aromatic rings. The first-order valence-corrected chi connectivity index (χ1v) is 5.49. The highest BCUT2D eigenvalue weighted by Crippen LogP contribution is 2.22. The Bertz CT molecular complexity index is 157. The van der Waals surface area contributed by atoms with Crippen molar-refractivity contribution in [1.29, 1.82) is 0 Å². The molecule has 0 aliphatic carbocycles. The minimum atomic E-state index is 0.344. The predicted molar refractivity (Wildman–Crippen MR) is 52.7 cm³/mol. The summed E-state index contributed by atoms with van der Waals surface area (Å²) in [5.41, 5.74) is 0. The number of hydrogen-bond acceptors (Lipinski definition) is 3. The summed E-state index contributed by atoms with van der Waals surface area (Å²) in [5.74, 6) is 0. The van der Waals surface area contributed by atoms with E-state index in [2.05, 4.69) is 10.2 Å². The maximum Gasteiger partial charge on any atom is 0.0587 e. The molecule has 1 unspecified atom stereocenters. The third-order valence-corrected chi connectivity index (χ3v) is 3.37. The molecule has 3 heteroatoms. The molecule has 2 saturated heterocycles. The maximum absolute atomic E-state index is 9.21. The second-order valence-corrected chi connectivity index (χ2v) is 4.22. The molecular formula is C10H20N2O. The Balaban J connectivity index is 1.90. The fourth-order valence-corrected chi connectivity index (χ4v) is 2.65. The van der Waals surface area contributed by atoms with Crippen LogP contribution in [0.25, 0.3) is 0 Å². The molecule has 0 bridgehead atoms. The number of nitrogens with one attached hydrogen (secondary N) is 1. The highest BCUT2D eigenvalue weighted by atomic mass is 16.3. The Kier molecular flexibility index (Phi) is 3.19. The number of nitrogens with zero attached hydrogens (tertiary/aromatic N) is 1. The van der Waals surface area contributed by atoms with Gasteiger partial charge in [0.05, 0.1) is 6.61 Å². The molecule has 0 radical (unpaired) electrons. The van der Waals surface area contributed by atoms with E-state index in [4.69, 9.17) is 0 Å². The van der Waals surface area contributed by atoms with Gasteiger partial charge in [0.25, 0.3) is 0 Å². The molecule has 2 aliphatic rings. The number of likely N-dealkylation sites (tertiary alicyclic amines) is 1. The Labute approximate surface area is 80.1 Å². The zero-order chi connectivity index (χ0) is 9.10. The van der Waals surface area contributed by atoms with Crippen LogP contribution in [0.4, 0.5) is 0 Å². The van der Waals surface area contributed by atoms with Crippen molar-refractivity contribution >= 4 is 0 Å². The summed E-state index contributed by atoms with van der Waals surface area (Å²) in [7, 11) is 0. The van der Waals surface area contributed by atoms with E-state index in [0.717, 1.165) is 6.54 Å². The van der Waals surface area contributed by atoms with Crippen molar-refractivity contribution in [2.45, 2.75) is 37.8 Å². The molecule has 2 N–H and O–H groups in total. The minimum absolute atomic E-state index is 0.344. The molecule has 2 fully saturated rings. The predicted octanol–water partition coefficient (Wildman–Crippen LogP) is 0.195. The van der Waals surface area contributed by atoms with Crippen molar-refractivity contribution in [3.63, 3.8) is 0 Å². The van der Waals surface area contributed by atoms with Gasteiger partial charge in [-0.05, 0) is 38.8 Å². The summed E-state index contributed by atoms with van der Waals surface area (Å²) in [5, 5.41) is 12.6. The fraction of sp³-hybridized carbons (Fsp3) is 1.00. The van der Waals surface area contributed by atoms with Gasteiger partial charge in [-0.1, -0.05) is 0 Å². The normalized spacial score (nSPS) is 36.7. The Morgan fingerprint density at radius 2 is 2.23 bits per heavy atom. The van der Waals surface area contributed by atoms with E-state index in [9.17, 15) is 5.11 Å². The van der Waals surface area contributed by atoms with Crippen LogP contribution in [0.5, 0.6) is 0 Å². The van der Waals surface area contributed by atoms with Gasteiger partial charge in [-0.25, -0.2) is 0 Å². The Morgan fingerprint density at radius 1 is 1.31 bits per heavy atom. The SMILES string of the molecule is OC[C@H]1CCCN1C1CCCNC1. The molecule has 0 spiro atoms. The summed E-state index contributed by atoms with van der Waals surface area (Å²) >= 11 is 0. The molecule has 2 rings (SSSR count). The lowest BCUT2D eigenvalue weighted by Gasteiger charge is -2.35. The Hall–Kier alpha value is -0.120. The molecule has 2 atom stereocenters. The number of aliphatic hydroxyl groups is 1.